The molecule has 0 aliphatic carbocycles. The molecule has 0 amide bonds. The van der Waals surface area contributed by atoms with E-state index >= 15 is 0 Å². The Balaban J connectivity index is 3.69. The van der Waals surface area contributed by atoms with Gasteiger partial charge in [-0.25, -0.2) is 0 Å². The Morgan fingerprint density at radius 3 is 2.45 bits per heavy atom. The molecule has 22 heavy (non-hydrogen) atoms. The molecule has 0 saturated carbocycles. The molecule has 0 fully saturated rings. The highest BCUT2D eigenvalue weighted by molar-refractivity contribution is 5.79. The Bertz CT molecular complexity index is 304. The molecule has 0 aliphatic rings. The summed E-state index contributed by atoms with van der Waals surface area (Å²) < 4.78 is 4.90. The minimum Gasteiger partial charge on any atom is -0.466 e. The van der Waals surface area contributed by atoms with Crippen molar-refractivity contribution < 1.29 is 9.53 Å². The molecule has 0 radical (unpaired) electrons. The molecule has 0 unspecified atom stereocenters. The van der Waals surface area contributed by atoms with E-state index in [-0.39, 0.29) is 5.97 Å². The Kier molecular flexibility index (Phi) is 13.8. The minimum atomic E-state index is -0.0793. The largest absolute Gasteiger partial charge is 0.466 e. The number of rotatable bonds is 12. The third kappa shape index (κ3) is 13.7. The first kappa shape index (κ1) is 20.7. The predicted molar refractivity (Wildman–Crippen MR) is 93.2 cm³/mol. The van der Waals surface area contributed by atoms with Crippen LogP contribution in [0.4, 0.5) is 0 Å². The van der Waals surface area contributed by atoms with Crippen molar-refractivity contribution in [2.24, 2.45) is 10.9 Å². The highest BCUT2D eigenvalue weighted by Gasteiger charge is 2.01. The number of ether oxygens (including phenoxy) is 1. The topological polar surface area (TPSA) is 62.7 Å². The van der Waals surface area contributed by atoms with Gasteiger partial charge in [0.05, 0.1) is 6.61 Å². The Morgan fingerprint density at radius 1 is 1.09 bits per heavy atom. The van der Waals surface area contributed by atoms with Crippen LogP contribution in [0.3, 0.4) is 0 Å². The number of aliphatic imine (C=N–C) groups is 1. The van der Waals surface area contributed by atoms with Crippen LogP contribution in [-0.2, 0) is 9.53 Å². The quantitative estimate of drug-likeness (QED) is 0.251. The zero-order valence-corrected chi connectivity index (χ0v) is 14.9. The highest BCUT2D eigenvalue weighted by Crippen LogP contribution is 2.04. The fourth-order valence-electron chi connectivity index (χ4n) is 1.98. The van der Waals surface area contributed by atoms with Crippen LogP contribution in [0.15, 0.2) is 4.99 Å². The van der Waals surface area contributed by atoms with Gasteiger partial charge in [-0.1, -0.05) is 26.7 Å². The van der Waals surface area contributed by atoms with Crippen molar-refractivity contribution in [1.29, 1.82) is 0 Å². The molecule has 0 aromatic heterocycles. The number of nitrogens with zero attached hydrogens (tertiary/aromatic N) is 1. The first-order valence-corrected chi connectivity index (χ1v) is 8.77. The molecule has 5 heteroatoms. The van der Waals surface area contributed by atoms with Crippen LogP contribution in [0.1, 0.15) is 66.2 Å². The van der Waals surface area contributed by atoms with Crippen molar-refractivity contribution >= 4 is 11.9 Å². The number of hydrogen-bond donors (Lipinski definition) is 2. The van der Waals surface area contributed by atoms with Gasteiger partial charge in [0.2, 0.25) is 0 Å². The fraction of sp³-hybridized carbons (Fsp3) is 0.882. The summed E-state index contributed by atoms with van der Waals surface area (Å²) >= 11 is 0. The van der Waals surface area contributed by atoms with Crippen LogP contribution < -0.4 is 10.6 Å². The van der Waals surface area contributed by atoms with Crippen LogP contribution in [0.25, 0.3) is 0 Å². The van der Waals surface area contributed by atoms with Gasteiger partial charge in [0.25, 0.3) is 0 Å². The van der Waals surface area contributed by atoms with E-state index in [1.807, 2.05) is 6.92 Å². The monoisotopic (exact) mass is 313 g/mol. The lowest BCUT2D eigenvalue weighted by Gasteiger charge is -2.12. The van der Waals surface area contributed by atoms with E-state index < -0.39 is 0 Å². The Morgan fingerprint density at radius 2 is 1.82 bits per heavy atom. The van der Waals surface area contributed by atoms with Crippen LogP contribution in [0, 0.1) is 5.92 Å². The van der Waals surface area contributed by atoms with E-state index in [1.54, 1.807) is 0 Å². The van der Waals surface area contributed by atoms with Gasteiger partial charge in [-0.05, 0) is 39.0 Å². The van der Waals surface area contributed by atoms with E-state index in [9.17, 15) is 4.79 Å². The third-order valence-corrected chi connectivity index (χ3v) is 3.22. The molecule has 0 aliphatic heterocycles. The lowest BCUT2D eigenvalue weighted by Crippen LogP contribution is -2.38. The minimum absolute atomic E-state index is 0.0793. The molecule has 0 bridgehead atoms. The molecular weight excluding hydrogens is 278 g/mol. The van der Waals surface area contributed by atoms with E-state index in [2.05, 4.69) is 36.4 Å². The lowest BCUT2D eigenvalue weighted by molar-refractivity contribution is -0.143. The molecule has 0 aromatic carbocycles. The van der Waals surface area contributed by atoms with Crippen LogP contribution >= 0.6 is 0 Å². The molecular formula is C17H35N3O2. The second kappa shape index (κ2) is 14.7. The molecule has 130 valence electrons. The Labute approximate surface area is 136 Å². The van der Waals surface area contributed by atoms with Crippen molar-refractivity contribution in [1.82, 2.24) is 10.6 Å². The molecule has 0 aromatic rings. The van der Waals surface area contributed by atoms with Gasteiger partial charge in [0.1, 0.15) is 0 Å². The first-order chi connectivity index (χ1) is 10.6. The van der Waals surface area contributed by atoms with Gasteiger partial charge in [0.15, 0.2) is 5.96 Å². The number of unbranched alkanes of at least 4 members (excludes halogenated alkanes) is 3. The van der Waals surface area contributed by atoms with Crippen molar-refractivity contribution in [2.45, 2.75) is 66.2 Å². The zero-order valence-electron chi connectivity index (χ0n) is 14.9. The molecule has 0 heterocycles. The van der Waals surface area contributed by atoms with Gasteiger partial charge in [-0.3, -0.25) is 9.79 Å². The van der Waals surface area contributed by atoms with Crippen molar-refractivity contribution in [3.63, 3.8) is 0 Å². The summed E-state index contributed by atoms with van der Waals surface area (Å²) in [5.74, 6) is 1.54. The predicted octanol–water partition coefficient (Wildman–Crippen LogP) is 3.10. The average molecular weight is 313 g/mol. The standard InChI is InChI=1S/C17H35N3O2/c1-5-18-17(20-14-12-15(3)4)19-13-10-8-7-9-11-16(21)22-6-2/h15H,5-14H2,1-4H3,(H2,18,19,20). The maximum absolute atomic E-state index is 11.2. The summed E-state index contributed by atoms with van der Waals surface area (Å²) in [7, 11) is 0. The SMILES string of the molecule is CCNC(=NCCCCCCC(=O)OCC)NCCC(C)C. The number of carbonyl (C=O) groups is 1. The van der Waals surface area contributed by atoms with Gasteiger partial charge < -0.3 is 15.4 Å². The smallest absolute Gasteiger partial charge is 0.305 e. The molecule has 2 N–H and O–H groups in total. The summed E-state index contributed by atoms with van der Waals surface area (Å²) in [5, 5.41) is 6.63. The summed E-state index contributed by atoms with van der Waals surface area (Å²) in [5.41, 5.74) is 0. The van der Waals surface area contributed by atoms with Gasteiger partial charge in [0, 0.05) is 26.1 Å². The first-order valence-electron chi connectivity index (χ1n) is 8.77. The van der Waals surface area contributed by atoms with Gasteiger partial charge in [-0.15, -0.1) is 0 Å². The molecule has 0 atom stereocenters. The Hall–Kier alpha value is -1.26. The van der Waals surface area contributed by atoms with E-state index in [4.69, 9.17) is 4.74 Å². The van der Waals surface area contributed by atoms with E-state index in [0.717, 1.165) is 57.7 Å². The third-order valence-electron chi connectivity index (χ3n) is 3.22. The maximum Gasteiger partial charge on any atom is 0.305 e. The summed E-state index contributed by atoms with van der Waals surface area (Å²) in [6.45, 7) is 11.5. The summed E-state index contributed by atoms with van der Waals surface area (Å²) in [6, 6.07) is 0. The number of hydrogen-bond acceptors (Lipinski definition) is 3. The maximum atomic E-state index is 11.2. The zero-order chi connectivity index (χ0) is 16.6. The van der Waals surface area contributed by atoms with E-state index in [0.29, 0.717) is 18.9 Å². The van der Waals surface area contributed by atoms with Crippen molar-refractivity contribution in [3.05, 3.63) is 0 Å². The highest BCUT2D eigenvalue weighted by atomic mass is 16.5. The summed E-state index contributed by atoms with van der Waals surface area (Å²) in [6.07, 6.45) is 5.83. The number of esters is 1. The number of carbonyl (C=O) groups excluding carboxylic acids is 1. The van der Waals surface area contributed by atoms with Crippen LogP contribution in [-0.4, -0.2) is 38.2 Å². The lowest BCUT2D eigenvalue weighted by atomic mass is 10.1. The summed E-state index contributed by atoms with van der Waals surface area (Å²) in [4.78, 5) is 15.8. The number of nitrogens with one attached hydrogen (secondary N) is 2. The van der Waals surface area contributed by atoms with Gasteiger partial charge in [-0.2, -0.15) is 0 Å². The fourth-order valence-corrected chi connectivity index (χ4v) is 1.98. The van der Waals surface area contributed by atoms with Crippen LogP contribution in [0.5, 0.6) is 0 Å². The van der Waals surface area contributed by atoms with Crippen LogP contribution in [0.2, 0.25) is 0 Å². The van der Waals surface area contributed by atoms with Crippen molar-refractivity contribution in [3.8, 4) is 0 Å². The normalized spacial score (nSPS) is 11.6. The van der Waals surface area contributed by atoms with Crippen molar-refractivity contribution in [2.75, 3.05) is 26.2 Å². The molecule has 0 rings (SSSR count). The van der Waals surface area contributed by atoms with E-state index in [1.165, 1.54) is 0 Å². The second-order valence-electron chi connectivity index (χ2n) is 5.84. The van der Waals surface area contributed by atoms with Gasteiger partial charge >= 0.3 is 5.97 Å². The molecule has 0 spiro atoms. The molecule has 5 nitrogen and oxygen atoms in total. The number of guanidine groups is 1. The molecule has 0 saturated heterocycles. The second-order valence-corrected chi connectivity index (χ2v) is 5.84. The average Bonchev–Trinajstić information content (AvgIpc) is 2.46.